The molecule has 4 rings (SSSR count). The van der Waals surface area contributed by atoms with Crippen LogP contribution in [0.15, 0.2) is 69.8 Å². The van der Waals surface area contributed by atoms with Crippen LogP contribution in [0.3, 0.4) is 0 Å². The van der Waals surface area contributed by atoms with E-state index in [2.05, 4.69) is 26.2 Å². The molecule has 6 heteroatoms. The lowest BCUT2D eigenvalue weighted by Crippen LogP contribution is -2.31. The fraction of sp³-hybridized carbons (Fsp3) is 0.143. The molecule has 0 saturated carbocycles. The van der Waals surface area contributed by atoms with Gasteiger partial charge in [0.2, 0.25) is 0 Å². The topological polar surface area (TPSA) is 60.1 Å². The minimum atomic E-state index is -0.377. The van der Waals surface area contributed by atoms with Crippen LogP contribution in [0.25, 0.3) is 11.0 Å². The van der Waals surface area contributed by atoms with Gasteiger partial charge in [0.15, 0.2) is 5.76 Å². The highest BCUT2D eigenvalue weighted by Gasteiger charge is 2.25. The third kappa shape index (κ3) is 3.28. The van der Waals surface area contributed by atoms with Crippen molar-refractivity contribution in [2.75, 3.05) is 0 Å². The largest absolute Gasteiger partial charge is 0.451 e. The minimum Gasteiger partial charge on any atom is -0.451 e. The van der Waals surface area contributed by atoms with Crippen molar-refractivity contribution in [3.05, 3.63) is 88.1 Å². The molecule has 2 aromatic carbocycles. The second kappa shape index (κ2) is 7.04. The molecule has 0 aliphatic rings. The standard InChI is InChI=1S/C21H18BrN3O2/c1-13-16-12-15(22)8-9-17(16)27-19(13)21(26)24-18(14-6-4-3-5-7-14)20-23-10-11-25(20)2/h3-12,18H,1-2H3,(H,24,26)/t18-/m0/s1. The number of nitrogens with zero attached hydrogens (tertiary/aromatic N) is 2. The summed E-state index contributed by atoms with van der Waals surface area (Å²) in [5.41, 5.74) is 2.46. The number of halogens is 1. The third-order valence-electron chi connectivity index (χ3n) is 4.63. The van der Waals surface area contributed by atoms with Crippen LogP contribution < -0.4 is 5.32 Å². The first kappa shape index (κ1) is 17.5. The number of furan rings is 1. The zero-order chi connectivity index (χ0) is 19.0. The van der Waals surface area contributed by atoms with Gasteiger partial charge in [0, 0.05) is 34.9 Å². The van der Waals surface area contributed by atoms with Gasteiger partial charge >= 0.3 is 0 Å². The number of nitrogens with one attached hydrogen (secondary N) is 1. The Labute approximate surface area is 165 Å². The maximum atomic E-state index is 13.1. The lowest BCUT2D eigenvalue weighted by atomic mass is 10.1. The van der Waals surface area contributed by atoms with Gasteiger partial charge in [0.25, 0.3) is 5.91 Å². The van der Waals surface area contributed by atoms with E-state index in [1.807, 2.05) is 73.3 Å². The Bertz CT molecular complexity index is 1120. The van der Waals surface area contributed by atoms with Crippen LogP contribution in [0, 0.1) is 6.92 Å². The van der Waals surface area contributed by atoms with Crippen molar-refractivity contribution < 1.29 is 9.21 Å². The molecule has 0 spiro atoms. The number of rotatable bonds is 4. The quantitative estimate of drug-likeness (QED) is 0.514. The van der Waals surface area contributed by atoms with Crippen molar-refractivity contribution in [3.63, 3.8) is 0 Å². The highest BCUT2D eigenvalue weighted by Crippen LogP contribution is 2.29. The SMILES string of the molecule is Cc1c(C(=O)N[C@@H](c2ccccc2)c2nccn2C)oc2ccc(Br)cc12. The lowest BCUT2D eigenvalue weighted by Gasteiger charge is -2.18. The molecule has 0 unspecified atom stereocenters. The zero-order valence-electron chi connectivity index (χ0n) is 14.9. The summed E-state index contributed by atoms with van der Waals surface area (Å²) in [6.45, 7) is 1.89. The van der Waals surface area contributed by atoms with Gasteiger partial charge in [-0.05, 0) is 30.7 Å². The molecule has 0 bridgehead atoms. The van der Waals surface area contributed by atoms with Crippen LogP contribution in [-0.4, -0.2) is 15.5 Å². The number of carbonyl (C=O) groups is 1. The Kier molecular flexibility index (Phi) is 4.58. The van der Waals surface area contributed by atoms with Gasteiger partial charge in [-0.15, -0.1) is 0 Å². The summed E-state index contributed by atoms with van der Waals surface area (Å²) < 4.78 is 8.69. The molecule has 0 radical (unpaired) electrons. The fourth-order valence-corrected chi connectivity index (χ4v) is 3.57. The molecule has 27 heavy (non-hydrogen) atoms. The molecule has 5 nitrogen and oxygen atoms in total. The molecule has 1 amide bonds. The van der Waals surface area contributed by atoms with Crippen LogP contribution in [0.1, 0.15) is 33.5 Å². The Morgan fingerprint density at radius 3 is 2.70 bits per heavy atom. The number of imidazole rings is 1. The fourth-order valence-electron chi connectivity index (χ4n) is 3.20. The maximum absolute atomic E-state index is 13.1. The number of hydrogen-bond donors (Lipinski definition) is 1. The Hall–Kier alpha value is -2.86. The van der Waals surface area contributed by atoms with Crippen molar-refractivity contribution in [2.45, 2.75) is 13.0 Å². The van der Waals surface area contributed by atoms with E-state index >= 15 is 0 Å². The van der Waals surface area contributed by atoms with E-state index < -0.39 is 0 Å². The predicted octanol–water partition coefficient (Wildman–Crippen LogP) is 4.76. The molecule has 0 aliphatic carbocycles. The van der Waals surface area contributed by atoms with E-state index in [1.165, 1.54) is 0 Å². The zero-order valence-corrected chi connectivity index (χ0v) is 16.5. The summed E-state index contributed by atoms with van der Waals surface area (Å²) in [6.07, 6.45) is 3.59. The van der Waals surface area contributed by atoms with Crippen molar-refractivity contribution in [1.29, 1.82) is 0 Å². The number of aryl methyl sites for hydroxylation is 2. The average molecular weight is 424 g/mol. The first-order chi connectivity index (χ1) is 13.0. The summed E-state index contributed by atoms with van der Waals surface area (Å²) in [7, 11) is 1.91. The van der Waals surface area contributed by atoms with Crippen LogP contribution in [-0.2, 0) is 7.05 Å². The van der Waals surface area contributed by atoms with Crippen molar-refractivity contribution >= 4 is 32.8 Å². The normalized spacial score (nSPS) is 12.3. The molecule has 0 saturated heterocycles. The molecular formula is C21H18BrN3O2. The molecule has 2 heterocycles. The molecular weight excluding hydrogens is 406 g/mol. The van der Waals surface area contributed by atoms with Gasteiger partial charge in [-0.1, -0.05) is 46.3 Å². The second-order valence-electron chi connectivity index (χ2n) is 6.41. The third-order valence-corrected chi connectivity index (χ3v) is 5.12. The van der Waals surface area contributed by atoms with E-state index in [4.69, 9.17) is 4.42 Å². The number of fused-ring (bicyclic) bond motifs is 1. The van der Waals surface area contributed by atoms with Crippen LogP contribution in [0.2, 0.25) is 0 Å². The summed E-state index contributed by atoms with van der Waals surface area (Å²) >= 11 is 3.46. The molecule has 4 aromatic rings. The summed E-state index contributed by atoms with van der Waals surface area (Å²) in [6, 6.07) is 15.1. The lowest BCUT2D eigenvalue weighted by molar-refractivity contribution is 0.0914. The first-order valence-corrected chi connectivity index (χ1v) is 9.35. The highest BCUT2D eigenvalue weighted by molar-refractivity contribution is 9.10. The average Bonchev–Trinajstić information content (AvgIpc) is 3.24. The summed E-state index contributed by atoms with van der Waals surface area (Å²) in [5, 5.41) is 4.00. The van der Waals surface area contributed by atoms with Crippen LogP contribution >= 0.6 is 15.9 Å². The predicted molar refractivity (Wildman–Crippen MR) is 108 cm³/mol. The highest BCUT2D eigenvalue weighted by atomic mass is 79.9. The van der Waals surface area contributed by atoms with Gasteiger partial charge < -0.3 is 14.3 Å². The summed E-state index contributed by atoms with van der Waals surface area (Å²) in [5.74, 6) is 0.806. The van der Waals surface area contributed by atoms with E-state index in [9.17, 15) is 4.79 Å². The number of hydrogen-bond acceptors (Lipinski definition) is 3. The number of carbonyl (C=O) groups excluding carboxylic acids is 1. The smallest absolute Gasteiger partial charge is 0.288 e. The maximum Gasteiger partial charge on any atom is 0.288 e. The Morgan fingerprint density at radius 2 is 2.00 bits per heavy atom. The number of benzene rings is 2. The Morgan fingerprint density at radius 1 is 1.22 bits per heavy atom. The molecule has 2 aromatic heterocycles. The van der Waals surface area contributed by atoms with Crippen molar-refractivity contribution in [2.24, 2.45) is 7.05 Å². The molecule has 136 valence electrons. The monoisotopic (exact) mass is 423 g/mol. The van der Waals surface area contributed by atoms with Gasteiger partial charge in [-0.2, -0.15) is 0 Å². The minimum absolute atomic E-state index is 0.267. The van der Waals surface area contributed by atoms with Crippen molar-refractivity contribution in [1.82, 2.24) is 14.9 Å². The van der Waals surface area contributed by atoms with E-state index in [0.717, 1.165) is 26.8 Å². The van der Waals surface area contributed by atoms with E-state index in [1.54, 1.807) is 6.20 Å². The van der Waals surface area contributed by atoms with Gasteiger partial charge in [0.05, 0.1) is 0 Å². The summed E-state index contributed by atoms with van der Waals surface area (Å²) in [4.78, 5) is 17.5. The first-order valence-electron chi connectivity index (χ1n) is 8.56. The van der Waals surface area contributed by atoms with Crippen LogP contribution in [0.5, 0.6) is 0 Å². The van der Waals surface area contributed by atoms with Crippen molar-refractivity contribution in [3.8, 4) is 0 Å². The molecule has 1 atom stereocenters. The van der Waals surface area contributed by atoms with E-state index in [-0.39, 0.29) is 11.9 Å². The van der Waals surface area contributed by atoms with Crippen LogP contribution in [0.4, 0.5) is 0 Å². The molecule has 0 fully saturated rings. The number of amides is 1. The Balaban J connectivity index is 1.73. The van der Waals surface area contributed by atoms with Gasteiger partial charge in [-0.25, -0.2) is 4.98 Å². The van der Waals surface area contributed by atoms with E-state index in [0.29, 0.717) is 11.3 Å². The molecule has 1 N–H and O–H groups in total. The van der Waals surface area contributed by atoms with Gasteiger partial charge in [0.1, 0.15) is 17.4 Å². The number of aromatic nitrogens is 2. The van der Waals surface area contributed by atoms with Gasteiger partial charge in [-0.3, -0.25) is 4.79 Å². The second-order valence-corrected chi connectivity index (χ2v) is 7.33. The molecule has 0 aliphatic heterocycles.